The molecule has 0 aliphatic carbocycles. The number of carbonyl (C=O) groups excluding carboxylic acids is 4. The van der Waals surface area contributed by atoms with E-state index >= 15 is 0 Å². The molecule has 2 aromatic rings. The summed E-state index contributed by atoms with van der Waals surface area (Å²) in [4.78, 5) is 63.7. The topological polar surface area (TPSA) is 198 Å². The van der Waals surface area contributed by atoms with Gasteiger partial charge in [0.2, 0.25) is 11.8 Å². The second kappa shape index (κ2) is 10.6. The minimum Gasteiger partial charge on any atom is -0.504 e. The molecule has 0 bridgehead atoms. The molecule has 4 amide bonds. The van der Waals surface area contributed by atoms with Gasteiger partial charge in [-0.3, -0.25) is 19.2 Å². The molecule has 204 valence electrons. The number of amides is 4. The molecular formula is C25H25N5O8S. The zero-order valence-corrected chi connectivity index (χ0v) is 21.5. The van der Waals surface area contributed by atoms with Crippen LogP contribution in [0.25, 0.3) is 0 Å². The zero-order chi connectivity index (χ0) is 28.5. The maximum Gasteiger partial charge on any atom is 0.327 e. The fourth-order valence-electron chi connectivity index (χ4n) is 4.43. The highest BCUT2D eigenvalue weighted by Gasteiger charge is 2.64. The van der Waals surface area contributed by atoms with E-state index in [4.69, 9.17) is 0 Å². The van der Waals surface area contributed by atoms with E-state index in [9.17, 15) is 39.3 Å². The number of rotatable bonds is 8. The van der Waals surface area contributed by atoms with Crippen molar-refractivity contribution in [2.75, 3.05) is 0 Å². The van der Waals surface area contributed by atoms with Gasteiger partial charge in [0.1, 0.15) is 29.7 Å². The molecule has 4 unspecified atom stereocenters. The average Bonchev–Trinajstić information content (AvgIpc) is 3.15. The van der Waals surface area contributed by atoms with Gasteiger partial charge in [0.25, 0.3) is 11.8 Å². The van der Waals surface area contributed by atoms with E-state index in [1.54, 1.807) is 44.2 Å². The highest BCUT2D eigenvalue weighted by atomic mass is 32.2. The lowest BCUT2D eigenvalue weighted by atomic mass is 9.95. The monoisotopic (exact) mass is 555 g/mol. The van der Waals surface area contributed by atoms with Crippen molar-refractivity contribution in [3.05, 3.63) is 59.7 Å². The van der Waals surface area contributed by atoms with Crippen LogP contribution in [0.4, 0.5) is 0 Å². The van der Waals surface area contributed by atoms with Crippen molar-refractivity contribution < 1.29 is 39.3 Å². The summed E-state index contributed by atoms with van der Waals surface area (Å²) in [5, 5.41) is 36.9. The van der Waals surface area contributed by atoms with Crippen LogP contribution in [0.3, 0.4) is 0 Å². The minimum atomic E-state index is -1.24. The predicted molar refractivity (Wildman–Crippen MR) is 139 cm³/mol. The quantitative estimate of drug-likeness (QED) is 0.115. The van der Waals surface area contributed by atoms with Crippen LogP contribution in [0.15, 0.2) is 53.6 Å². The Morgan fingerprint density at radius 3 is 2.44 bits per heavy atom. The van der Waals surface area contributed by atoms with Crippen molar-refractivity contribution in [2.45, 2.75) is 42.1 Å². The van der Waals surface area contributed by atoms with E-state index < -0.39 is 69.3 Å². The molecule has 2 aliphatic rings. The molecule has 2 saturated heterocycles. The van der Waals surface area contributed by atoms with Gasteiger partial charge in [-0.25, -0.2) is 10.2 Å². The van der Waals surface area contributed by atoms with E-state index in [0.29, 0.717) is 11.8 Å². The molecule has 0 spiro atoms. The minimum absolute atomic E-state index is 0.272. The summed E-state index contributed by atoms with van der Waals surface area (Å²) in [5.74, 6) is -5.28. The molecule has 0 radical (unpaired) electrons. The SMILES string of the molecule is CC1(C)SC2C(NC(=O)C(NC(=O)/C=N/NC(=O)c3cccc(O)c3O)c3ccccc3)C(=O)N2C1C(=O)O. The van der Waals surface area contributed by atoms with Crippen molar-refractivity contribution in [1.82, 2.24) is 21.0 Å². The molecule has 4 rings (SSSR count). The molecule has 2 fully saturated rings. The van der Waals surface area contributed by atoms with Crippen LogP contribution >= 0.6 is 11.8 Å². The number of carboxylic acids is 1. The fourth-order valence-corrected chi connectivity index (χ4v) is 6.06. The molecule has 39 heavy (non-hydrogen) atoms. The third-order valence-electron chi connectivity index (χ3n) is 6.26. The third-order valence-corrected chi connectivity index (χ3v) is 7.83. The Balaban J connectivity index is 1.44. The number of carbonyl (C=O) groups is 5. The number of hydrogen-bond acceptors (Lipinski definition) is 9. The van der Waals surface area contributed by atoms with Crippen LogP contribution in [0.2, 0.25) is 0 Å². The van der Waals surface area contributed by atoms with Gasteiger partial charge in [0.15, 0.2) is 11.5 Å². The summed E-state index contributed by atoms with van der Waals surface area (Å²) in [6, 6.07) is 8.71. The van der Waals surface area contributed by atoms with Gasteiger partial charge in [-0.15, -0.1) is 11.8 Å². The van der Waals surface area contributed by atoms with Crippen LogP contribution in [0.1, 0.15) is 35.8 Å². The normalized spacial score (nSPS) is 21.9. The van der Waals surface area contributed by atoms with Crippen molar-refractivity contribution in [3.8, 4) is 11.5 Å². The van der Waals surface area contributed by atoms with Crippen LogP contribution in [-0.2, 0) is 19.2 Å². The summed E-state index contributed by atoms with van der Waals surface area (Å²) < 4.78 is -0.769. The number of carboxylic acid groups (broad SMARTS) is 1. The Morgan fingerprint density at radius 2 is 1.77 bits per heavy atom. The molecule has 4 atom stereocenters. The number of phenols is 2. The van der Waals surface area contributed by atoms with Gasteiger partial charge >= 0.3 is 5.97 Å². The number of thioether (sulfide) groups is 1. The van der Waals surface area contributed by atoms with Crippen LogP contribution in [0.5, 0.6) is 11.5 Å². The van der Waals surface area contributed by atoms with Crippen LogP contribution < -0.4 is 16.1 Å². The van der Waals surface area contributed by atoms with Gasteiger partial charge in [-0.2, -0.15) is 5.10 Å². The number of phenolic OH excluding ortho intramolecular Hbond substituents is 2. The van der Waals surface area contributed by atoms with Crippen LogP contribution in [0, 0.1) is 0 Å². The number of hydrogen-bond donors (Lipinski definition) is 6. The first kappa shape index (κ1) is 27.4. The maximum atomic E-state index is 13.2. The fraction of sp³-hybridized carbons (Fsp3) is 0.280. The Morgan fingerprint density at radius 1 is 1.08 bits per heavy atom. The Labute approximate surface area is 226 Å². The first-order chi connectivity index (χ1) is 18.4. The summed E-state index contributed by atoms with van der Waals surface area (Å²) in [6.45, 7) is 3.43. The largest absolute Gasteiger partial charge is 0.504 e. The van der Waals surface area contributed by atoms with E-state index in [1.807, 2.05) is 5.43 Å². The van der Waals surface area contributed by atoms with Gasteiger partial charge in [0.05, 0.1) is 5.56 Å². The third kappa shape index (κ3) is 5.36. The molecule has 6 N–H and O–H groups in total. The average molecular weight is 556 g/mol. The molecule has 2 aromatic carbocycles. The standard InChI is InChI=1S/C25H25N5O8S/c1-25(2)19(24(37)38)30-22(36)17(23(30)39-25)28-21(35)16(12-7-4-3-5-8-12)27-15(32)11-26-29-20(34)13-9-6-10-14(31)18(13)33/h3-11,16-17,19,23,31,33H,1-2H3,(H,27,32)(H,28,35)(H,29,34)(H,37,38)/b26-11+. The van der Waals surface area contributed by atoms with Crippen molar-refractivity contribution >= 4 is 47.6 Å². The summed E-state index contributed by atoms with van der Waals surface area (Å²) >= 11 is 1.27. The summed E-state index contributed by atoms with van der Waals surface area (Å²) in [7, 11) is 0. The van der Waals surface area contributed by atoms with E-state index in [2.05, 4.69) is 15.7 Å². The number of benzene rings is 2. The van der Waals surface area contributed by atoms with E-state index in [0.717, 1.165) is 0 Å². The Bertz CT molecular complexity index is 1370. The number of nitrogens with zero attached hydrogens (tertiary/aromatic N) is 2. The van der Waals surface area contributed by atoms with Gasteiger partial charge < -0.3 is 30.9 Å². The highest BCUT2D eigenvalue weighted by molar-refractivity contribution is 8.01. The number of aliphatic carboxylic acids is 1. The number of fused-ring (bicyclic) bond motifs is 1. The molecular weight excluding hydrogens is 530 g/mol. The van der Waals surface area contributed by atoms with Crippen molar-refractivity contribution in [1.29, 1.82) is 0 Å². The van der Waals surface area contributed by atoms with Gasteiger partial charge in [-0.1, -0.05) is 36.4 Å². The van der Waals surface area contributed by atoms with E-state index in [1.165, 1.54) is 34.9 Å². The second-order valence-corrected chi connectivity index (χ2v) is 11.1. The van der Waals surface area contributed by atoms with Crippen molar-refractivity contribution in [2.24, 2.45) is 5.10 Å². The summed E-state index contributed by atoms with van der Waals surface area (Å²) in [5.41, 5.74) is 2.17. The first-order valence-electron chi connectivity index (χ1n) is 11.7. The summed E-state index contributed by atoms with van der Waals surface area (Å²) in [6.07, 6.45) is 0.712. The lowest BCUT2D eigenvalue weighted by Gasteiger charge is -2.44. The number of hydrazone groups is 1. The highest BCUT2D eigenvalue weighted by Crippen LogP contribution is 2.50. The molecule has 2 heterocycles. The number of para-hydroxylation sites is 1. The van der Waals surface area contributed by atoms with Gasteiger partial charge in [0, 0.05) is 4.75 Å². The molecule has 0 aromatic heterocycles. The molecule has 0 saturated carbocycles. The number of nitrogens with one attached hydrogen (secondary N) is 3. The molecule has 14 heteroatoms. The first-order valence-corrected chi connectivity index (χ1v) is 12.5. The smallest absolute Gasteiger partial charge is 0.327 e. The second-order valence-electron chi connectivity index (χ2n) is 9.31. The number of β-lactam (4-membered cyclic amide) rings is 1. The number of aromatic hydroxyl groups is 2. The zero-order valence-electron chi connectivity index (χ0n) is 20.7. The Kier molecular flexibility index (Phi) is 7.49. The van der Waals surface area contributed by atoms with Crippen LogP contribution in [-0.4, -0.2) is 78.2 Å². The molecule has 2 aliphatic heterocycles. The predicted octanol–water partition coefficient (Wildman–Crippen LogP) is 0.303. The Hall–Kier alpha value is -4.59. The lowest BCUT2D eigenvalue weighted by molar-refractivity contribution is -0.161. The lowest BCUT2D eigenvalue weighted by Crippen LogP contribution is -2.71. The van der Waals surface area contributed by atoms with Gasteiger partial charge in [-0.05, 0) is 31.5 Å². The maximum absolute atomic E-state index is 13.2. The molecule has 13 nitrogen and oxygen atoms in total. The van der Waals surface area contributed by atoms with E-state index in [-0.39, 0.29) is 5.56 Å². The van der Waals surface area contributed by atoms with Crippen molar-refractivity contribution in [3.63, 3.8) is 0 Å².